The first kappa shape index (κ1) is 27.5. The van der Waals surface area contributed by atoms with Gasteiger partial charge in [-0.05, 0) is 37.3 Å². The molecule has 1 N–H and O–H groups in total. The minimum Gasteiger partial charge on any atom is -0.465 e. The summed E-state index contributed by atoms with van der Waals surface area (Å²) in [5, 5.41) is 15.5. The predicted octanol–water partition coefficient (Wildman–Crippen LogP) is 4.98. The molecule has 1 aliphatic carbocycles. The van der Waals surface area contributed by atoms with Gasteiger partial charge in [0.2, 0.25) is 5.91 Å². The van der Waals surface area contributed by atoms with Crippen molar-refractivity contribution in [1.82, 2.24) is 9.80 Å². The lowest BCUT2D eigenvalue weighted by Crippen LogP contribution is -2.50. The number of rotatable bonds is 6. The van der Waals surface area contributed by atoms with Gasteiger partial charge >= 0.3 is 5.97 Å². The van der Waals surface area contributed by atoms with E-state index in [-0.39, 0.29) is 24.0 Å². The van der Waals surface area contributed by atoms with E-state index in [0.717, 1.165) is 53.9 Å². The third-order valence-corrected chi connectivity index (χ3v) is 9.96. The van der Waals surface area contributed by atoms with Crippen LogP contribution in [0.15, 0.2) is 18.2 Å². The Hall–Kier alpha value is -3.06. The summed E-state index contributed by atoms with van der Waals surface area (Å²) < 4.78 is 5.61. The fraction of sp³-hybridized carbons (Fsp3) is 0.423. The Morgan fingerprint density at radius 3 is 2.56 bits per heavy atom. The fourth-order valence-corrected chi connectivity index (χ4v) is 7.88. The van der Waals surface area contributed by atoms with Crippen LogP contribution in [0.5, 0.6) is 0 Å². The number of ether oxygens (including phenoxy) is 1. The molecule has 0 radical (unpaired) electrons. The second-order valence-corrected chi connectivity index (χ2v) is 12.1. The van der Waals surface area contributed by atoms with E-state index in [1.165, 1.54) is 30.6 Å². The minimum atomic E-state index is -0.478. The third-order valence-electron chi connectivity index (χ3n) is 7.11. The van der Waals surface area contributed by atoms with Crippen LogP contribution in [0.3, 0.4) is 0 Å². The molecule has 1 saturated heterocycles. The molecule has 1 aliphatic heterocycles. The summed E-state index contributed by atoms with van der Waals surface area (Å²) in [6, 6.07) is 4.37. The van der Waals surface area contributed by atoms with Crippen LogP contribution in [0, 0.1) is 10.1 Å². The Morgan fingerprint density at radius 2 is 1.85 bits per heavy atom. The molecule has 0 bridgehead atoms. The van der Waals surface area contributed by atoms with Crippen LogP contribution in [0.1, 0.15) is 49.7 Å². The van der Waals surface area contributed by atoms with Gasteiger partial charge in [-0.15, -0.1) is 22.7 Å². The van der Waals surface area contributed by atoms with Crippen molar-refractivity contribution in [1.29, 1.82) is 0 Å². The van der Waals surface area contributed by atoms with Crippen LogP contribution in [0.25, 0.3) is 10.1 Å². The van der Waals surface area contributed by atoms with Crippen LogP contribution in [-0.2, 0) is 22.4 Å². The lowest BCUT2D eigenvalue weighted by atomic mass is 10.1. The summed E-state index contributed by atoms with van der Waals surface area (Å²) in [6.45, 7) is 1.96. The van der Waals surface area contributed by atoms with Gasteiger partial charge < -0.3 is 15.0 Å². The highest BCUT2D eigenvalue weighted by molar-refractivity contribution is 7.21. The molecule has 2 amide bonds. The molecule has 10 nitrogen and oxygen atoms in total. The molecule has 1 fully saturated rings. The van der Waals surface area contributed by atoms with E-state index < -0.39 is 10.9 Å². The first-order valence-electron chi connectivity index (χ1n) is 12.7. The monoisotopic (exact) mass is 590 g/mol. The molecule has 3 aromatic rings. The van der Waals surface area contributed by atoms with Gasteiger partial charge in [-0.25, -0.2) is 4.79 Å². The van der Waals surface area contributed by atoms with Crippen molar-refractivity contribution < 1.29 is 24.0 Å². The number of amides is 2. The number of aryl methyl sites for hydroxylation is 1. The van der Waals surface area contributed by atoms with E-state index >= 15 is 0 Å². The zero-order chi connectivity index (χ0) is 27.7. The number of nitrogens with zero attached hydrogens (tertiary/aromatic N) is 3. The Kier molecular flexibility index (Phi) is 8.17. The van der Waals surface area contributed by atoms with Gasteiger partial charge in [0, 0.05) is 53.3 Å². The van der Waals surface area contributed by atoms with Crippen molar-refractivity contribution in [3.63, 3.8) is 0 Å². The lowest BCUT2D eigenvalue weighted by Gasteiger charge is -2.34. The highest BCUT2D eigenvalue weighted by atomic mass is 35.5. The number of thiophene rings is 2. The number of non-ortho nitro benzene ring substituents is 1. The number of halogens is 1. The topological polar surface area (TPSA) is 122 Å². The first-order valence-corrected chi connectivity index (χ1v) is 14.7. The van der Waals surface area contributed by atoms with Crippen LogP contribution in [0.2, 0.25) is 5.02 Å². The van der Waals surface area contributed by atoms with Crippen molar-refractivity contribution >= 4 is 72.8 Å². The highest BCUT2D eigenvalue weighted by Crippen LogP contribution is 2.39. The molecule has 39 heavy (non-hydrogen) atoms. The fourth-order valence-electron chi connectivity index (χ4n) is 5.08. The molecule has 0 spiro atoms. The molecular formula is C26H27ClN4O6S2. The number of hydrogen-bond acceptors (Lipinski definition) is 9. The Balaban J connectivity index is 1.21. The van der Waals surface area contributed by atoms with Crippen LogP contribution < -0.4 is 5.32 Å². The SMILES string of the molecule is COC(=O)c1c(NC(=O)CN2CCN(C(=O)c3sc4cc([N+](=O)[O-])ccc4c3Cl)CC2)sc2c1CCCCC2. The summed E-state index contributed by atoms with van der Waals surface area (Å²) in [5.74, 6) is -0.868. The van der Waals surface area contributed by atoms with E-state index in [1.54, 1.807) is 11.0 Å². The predicted molar refractivity (Wildman–Crippen MR) is 151 cm³/mol. The Bertz CT molecular complexity index is 1460. The summed E-state index contributed by atoms with van der Waals surface area (Å²) in [6.07, 6.45) is 4.91. The normalized spacial score (nSPS) is 16.0. The van der Waals surface area contributed by atoms with Crippen LogP contribution in [0.4, 0.5) is 10.7 Å². The zero-order valence-corrected chi connectivity index (χ0v) is 23.7. The minimum absolute atomic E-state index is 0.0526. The summed E-state index contributed by atoms with van der Waals surface area (Å²) in [7, 11) is 1.35. The Labute approximate surface area is 237 Å². The number of fused-ring (bicyclic) bond motifs is 2. The van der Waals surface area contributed by atoms with Crippen molar-refractivity contribution in [2.45, 2.75) is 32.1 Å². The third kappa shape index (κ3) is 5.65. The van der Waals surface area contributed by atoms with Gasteiger partial charge in [-0.1, -0.05) is 18.0 Å². The molecule has 5 rings (SSSR count). The summed E-state index contributed by atoms with van der Waals surface area (Å²) in [4.78, 5) is 54.5. The maximum absolute atomic E-state index is 13.2. The summed E-state index contributed by atoms with van der Waals surface area (Å²) >= 11 is 9.08. The largest absolute Gasteiger partial charge is 0.465 e. The molecular weight excluding hydrogens is 564 g/mol. The number of esters is 1. The lowest BCUT2D eigenvalue weighted by molar-refractivity contribution is -0.384. The number of methoxy groups -OCH3 is 1. The molecule has 0 atom stereocenters. The molecule has 0 saturated carbocycles. The number of hydrogen-bond donors (Lipinski definition) is 1. The molecule has 13 heteroatoms. The molecule has 206 valence electrons. The second-order valence-electron chi connectivity index (χ2n) is 9.56. The quantitative estimate of drug-likeness (QED) is 0.186. The van der Waals surface area contributed by atoms with Crippen molar-refractivity contribution in [2.24, 2.45) is 0 Å². The number of benzene rings is 1. The van der Waals surface area contributed by atoms with E-state index in [4.69, 9.17) is 16.3 Å². The maximum Gasteiger partial charge on any atom is 0.341 e. The van der Waals surface area contributed by atoms with Gasteiger partial charge in [-0.2, -0.15) is 0 Å². The van der Waals surface area contributed by atoms with Gasteiger partial charge in [0.25, 0.3) is 11.6 Å². The van der Waals surface area contributed by atoms with E-state index in [2.05, 4.69) is 5.32 Å². The number of anilines is 1. The highest BCUT2D eigenvalue weighted by Gasteiger charge is 2.29. The number of carbonyl (C=O) groups excluding carboxylic acids is 3. The number of nitro benzene ring substituents is 1. The van der Waals surface area contributed by atoms with Gasteiger partial charge in [0.15, 0.2) is 0 Å². The maximum atomic E-state index is 13.2. The average molecular weight is 591 g/mol. The number of carbonyl (C=O) groups is 3. The van der Waals surface area contributed by atoms with Gasteiger partial charge in [0.05, 0.1) is 29.2 Å². The van der Waals surface area contributed by atoms with Crippen molar-refractivity contribution in [3.8, 4) is 0 Å². The molecule has 0 unspecified atom stereocenters. The molecule has 2 aliphatic rings. The first-order chi connectivity index (χ1) is 18.8. The molecule has 2 aromatic heterocycles. The smallest absolute Gasteiger partial charge is 0.341 e. The second kappa shape index (κ2) is 11.6. The van der Waals surface area contributed by atoms with Crippen molar-refractivity contribution in [3.05, 3.63) is 54.2 Å². The molecule has 1 aromatic carbocycles. The average Bonchev–Trinajstić information content (AvgIpc) is 3.34. The molecule has 3 heterocycles. The number of nitrogens with one attached hydrogen (secondary N) is 1. The Morgan fingerprint density at radius 1 is 1.10 bits per heavy atom. The standard InChI is InChI=1S/C26H27ClN4O6S2/c1-37-26(34)21-16-5-3-2-4-6-18(16)39-24(21)28-20(32)14-29-9-11-30(12-10-29)25(33)23-22(27)17-8-7-15(31(35)36)13-19(17)38-23/h7-8,13H,2-6,9-12,14H2,1H3,(H,28,32). The van der Waals surface area contributed by atoms with Gasteiger partial charge in [0.1, 0.15) is 9.88 Å². The van der Waals surface area contributed by atoms with Gasteiger partial charge in [-0.3, -0.25) is 24.6 Å². The van der Waals surface area contributed by atoms with Crippen molar-refractivity contribution in [2.75, 3.05) is 45.2 Å². The van der Waals surface area contributed by atoms with E-state index in [9.17, 15) is 24.5 Å². The summed E-state index contributed by atoms with van der Waals surface area (Å²) in [5.41, 5.74) is 1.43. The van der Waals surface area contributed by atoms with E-state index in [1.807, 2.05) is 4.90 Å². The van der Waals surface area contributed by atoms with Crippen LogP contribution >= 0.6 is 34.3 Å². The van der Waals surface area contributed by atoms with E-state index in [0.29, 0.717) is 56.7 Å². The van der Waals surface area contributed by atoms with Crippen LogP contribution in [-0.4, -0.2) is 72.3 Å². The zero-order valence-electron chi connectivity index (χ0n) is 21.3. The number of nitro groups is 1. The number of piperazine rings is 1.